The topological polar surface area (TPSA) is 87.1 Å². The minimum absolute atomic E-state index is 0.00460. The van der Waals surface area contributed by atoms with Gasteiger partial charge in [-0.05, 0) is 142 Å². The molecule has 7 atom stereocenters. The number of hydrogen-bond donors (Lipinski definition) is 2. The molecule has 4 saturated carbocycles. The first kappa shape index (κ1) is 36.4. The molecule has 6 aliphatic rings. The third-order valence-corrected chi connectivity index (χ3v) is 15.1. The Kier molecular flexibility index (Phi) is 10.0. The van der Waals surface area contributed by atoms with E-state index in [4.69, 9.17) is 4.74 Å². The van der Waals surface area contributed by atoms with E-state index in [0.717, 1.165) is 46.4 Å². The van der Waals surface area contributed by atoms with Crippen LogP contribution in [-0.2, 0) is 11.2 Å². The molecule has 51 heavy (non-hydrogen) atoms. The number of benzene rings is 2. The van der Waals surface area contributed by atoms with E-state index in [2.05, 4.69) is 52.0 Å². The lowest BCUT2D eigenvalue weighted by Gasteiger charge is -2.60. The van der Waals surface area contributed by atoms with Crippen molar-refractivity contribution in [3.63, 3.8) is 0 Å². The highest BCUT2D eigenvalue weighted by atomic mass is 32.1. The molecule has 1 heterocycles. The number of rotatable bonds is 7. The van der Waals surface area contributed by atoms with Gasteiger partial charge in [0.15, 0.2) is 0 Å². The van der Waals surface area contributed by atoms with Gasteiger partial charge in [0.25, 0.3) is 0 Å². The Balaban J connectivity index is 1.27. The number of ether oxygens (including phenoxy) is 1. The van der Waals surface area contributed by atoms with E-state index >= 15 is 0 Å². The van der Waals surface area contributed by atoms with Crippen LogP contribution in [-0.4, -0.2) is 58.4 Å². The molecule has 0 spiro atoms. The van der Waals surface area contributed by atoms with Gasteiger partial charge in [0.1, 0.15) is 0 Å². The molecule has 0 aliphatic heterocycles. The number of carbonyl (C=O) groups excluding carboxylic acids is 2. The smallest absolute Gasteiger partial charge is 0.409 e. The molecule has 1 amide bonds. The zero-order valence-corrected chi connectivity index (χ0v) is 32.1. The molecule has 2 aromatic carbocycles. The third-order valence-electron chi connectivity index (χ3n) is 14.0. The molecule has 274 valence electrons. The predicted octanol–water partition coefficient (Wildman–Crippen LogP) is 9.70. The van der Waals surface area contributed by atoms with Crippen LogP contribution in [0.15, 0.2) is 60.2 Å². The molecule has 0 radical (unpaired) electrons. The first-order valence-electron chi connectivity index (χ1n) is 19.5. The van der Waals surface area contributed by atoms with Gasteiger partial charge in [-0.15, -0.1) is 11.3 Å². The first-order valence-corrected chi connectivity index (χ1v) is 20.3. The highest BCUT2D eigenvalue weighted by Crippen LogP contribution is 2.62. The number of carbonyl (C=O) groups is 2. The lowest BCUT2D eigenvalue weighted by Crippen LogP contribution is -2.58. The Bertz CT molecular complexity index is 1770. The fourth-order valence-electron chi connectivity index (χ4n) is 10.6. The monoisotopic (exact) mass is 711 g/mol. The van der Waals surface area contributed by atoms with E-state index in [1.54, 1.807) is 0 Å². The summed E-state index contributed by atoms with van der Waals surface area (Å²) in [7, 11) is 0. The van der Waals surface area contributed by atoms with Crippen molar-refractivity contribution < 1.29 is 24.5 Å². The van der Waals surface area contributed by atoms with Gasteiger partial charge in [0, 0.05) is 22.2 Å². The van der Waals surface area contributed by atoms with E-state index in [0.29, 0.717) is 72.9 Å². The van der Waals surface area contributed by atoms with Gasteiger partial charge in [-0.1, -0.05) is 62.8 Å². The largest absolute Gasteiger partial charge is 0.450 e. The normalized spacial score (nSPS) is 31.7. The van der Waals surface area contributed by atoms with Crippen LogP contribution in [0.1, 0.15) is 125 Å². The molecule has 9 rings (SSSR count). The highest BCUT2D eigenvalue weighted by molar-refractivity contribution is 7.21. The van der Waals surface area contributed by atoms with Crippen LogP contribution in [0, 0.1) is 28.6 Å². The van der Waals surface area contributed by atoms with Crippen LogP contribution in [0.4, 0.5) is 4.79 Å². The summed E-state index contributed by atoms with van der Waals surface area (Å²) in [6.07, 6.45) is 9.65. The molecular formula is C44H57NO5S. The van der Waals surface area contributed by atoms with E-state index in [1.807, 2.05) is 42.2 Å². The molecule has 3 aromatic rings. The molecular weight excluding hydrogens is 655 g/mol. The minimum Gasteiger partial charge on any atom is -0.450 e. The van der Waals surface area contributed by atoms with Crippen LogP contribution in [0.5, 0.6) is 0 Å². The second kappa shape index (κ2) is 14.1. The number of nitrogens with zero attached hydrogens (tertiary/aromatic N) is 1. The molecule has 1 aromatic heterocycles. The predicted molar refractivity (Wildman–Crippen MR) is 205 cm³/mol. The molecule has 6 nitrogen and oxygen atoms in total. The zero-order valence-electron chi connectivity index (χ0n) is 31.2. The summed E-state index contributed by atoms with van der Waals surface area (Å²) >= 11 is 1.52. The summed E-state index contributed by atoms with van der Waals surface area (Å²) in [6, 6.07) is 16.3. The van der Waals surface area contributed by atoms with Crippen LogP contribution < -0.4 is 0 Å². The quantitative estimate of drug-likeness (QED) is 0.188. The number of aliphatic hydroxyl groups excluding tert-OH is 1. The van der Waals surface area contributed by atoms with E-state index in [1.165, 1.54) is 29.8 Å². The van der Waals surface area contributed by atoms with E-state index in [-0.39, 0.29) is 24.3 Å². The number of fused-ring (bicyclic) bond motifs is 11. The maximum Gasteiger partial charge on any atom is 0.409 e. The van der Waals surface area contributed by atoms with Gasteiger partial charge in [0.2, 0.25) is 5.78 Å². The van der Waals surface area contributed by atoms with Crippen LogP contribution in [0.3, 0.4) is 0 Å². The summed E-state index contributed by atoms with van der Waals surface area (Å²) in [6.45, 7) is 12.1. The van der Waals surface area contributed by atoms with Crippen LogP contribution in [0.25, 0.3) is 10.1 Å². The molecule has 2 N–H and O–H groups in total. The fourth-order valence-corrected chi connectivity index (χ4v) is 11.6. The van der Waals surface area contributed by atoms with E-state index < -0.39 is 17.1 Å². The summed E-state index contributed by atoms with van der Waals surface area (Å²) in [5.41, 5.74) is 2.32. The summed E-state index contributed by atoms with van der Waals surface area (Å²) in [4.78, 5) is 30.9. The number of hydrogen-bond acceptors (Lipinski definition) is 6. The Morgan fingerprint density at radius 3 is 2.57 bits per heavy atom. The second-order valence-corrected chi connectivity index (χ2v) is 18.3. The maximum absolute atomic E-state index is 14.6. The number of ketones is 1. The van der Waals surface area contributed by atoms with Gasteiger partial charge in [-0.25, -0.2) is 4.79 Å². The molecule has 7 unspecified atom stereocenters. The lowest BCUT2D eigenvalue weighted by molar-refractivity contribution is -0.120. The van der Waals surface area contributed by atoms with Gasteiger partial charge in [-0.3, -0.25) is 4.79 Å². The Hall–Kier alpha value is -3.00. The molecule has 0 saturated heterocycles. The summed E-state index contributed by atoms with van der Waals surface area (Å²) in [5.74, 6) is 1.64. The Morgan fingerprint density at radius 1 is 1.02 bits per heavy atom. The first-order chi connectivity index (χ1) is 24.3. The molecule has 7 heteroatoms. The van der Waals surface area contributed by atoms with E-state index in [9.17, 15) is 19.8 Å². The van der Waals surface area contributed by atoms with Gasteiger partial charge < -0.3 is 19.8 Å². The summed E-state index contributed by atoms with van der Waals surface area (Å²) in [5, 5.41) is 25.1. The lowest BCUT2D eigenvalue weighted by atomic mass is 9.45. The number of amides is 1. The zero-order chi connectivity index (χ0) is 36.1. The third kappa shape index (κ3) is 6.72. The molecule has 6 aliphatic carbocycles. The average molecular weight is 712 g/mol. The van der Waals surface area contributed by atoms with Crippen molar-refractivity contribution in [1.82, 2.24) is 4.90 Å². The van der Waals surface area contributed by atoms with Crippen LogP contribution in [0.2, 0.25) is 0 Å². The van der Waals surface area contributed by atoms with Crippen molar-refractivity contribution in [2.75, 3.05) is 19.7 Å². The maximum atomic E-state index is 14.6. The van der Waals surface area contributed by atoms with Gasteiger partial charge in [0.05, 0.1) is 29.7 Å². The highest BCUT2D eigenvalue weighted by Gasteiger charge is 2.59. The van der Waals surface area contributed by atoms with Crippen molar-refractivity contribution in [3.8, 4) is 0 Å². The minimum atomic E-state index is -1.18. The SMILES string of the molecule is CCOC(=O)N(CC1CCC2CC1C2(C)C)CC1(O)CCC2c3ccc(cc3C(=O)c3cc4ccccc4s3)CC(O)CCC(C)=CCCC21C. The van der Waals surface area contributed by atoms with Crippen molar-refractivity contribution >= 4 is 33.3 Å². The van der Waals surface area contributed by atoms with Crippen molar-refractivity contribution in [1.29, 1.82) is 0 Å². The van der Waals surface area contributed by atoms with Crippen molar-refractivity contribution in [2.45, 2.75) is 116 Å². The number of allylic oxidation sites excluding steroid dienone is 2. The molecule has 4 bridgehead atoms. The number of aliphatic hydroxyl groups is 2. The van der Waals surface area contributed by atoms with Crippen LogP contribution >= 0.6 is 11.3 Å². The van der Waals surface area contributed by atoms with Gasteiger partial charge >= 0.3 is 6.09 Å². The molecule has 4 fully saturated rings. The standard InChI is InChI=1S/C44H57NO5S/c1-6-50-41(48)45(26-31-15-16-32-25-37(31)42(32,3)4)27-44(49)21-19-36-34-18-14-29(22-33(46)17-13-28(2)10-9-20-43(36,44)5)23-35(34)40(47)39-24-30-11-7-8-12-38(30)51-39/h7-8,10-12,14,18,23-24,31-33,36-37,46,49H,6,9,13,15-17,19-22,25-27H2,1-5H3. The second-order valence-electron chi connectivity index (χ2n) is 17.2. The summed E-state index contributed by atoms with van der Waals surface area (Å²) < 4.78 is 6.76. The fraction of sp³-hybridized carbons (Fsp3) is 0.591. The Morgan fingerprint density at radius 2 is 1.82 bits per heavy atom. The van der Waals surface area contributed by atoms with Crippen molar-refractivity contribution in [3.05, 3.63) is 81.7 Å². The number of thiophene rings is 1. The van der Waals surface area contributed by atoms with Gasteiger partial charge in [-0.2, -0.15) is 0 Å². The van der Waals surface area contributed by atoms with Crippen molar-refractivity contribution in [2.24, 2.45) is 28.6 Å². The average Bonchev–Trinajstić information content (AvgIpc) is 3.65. The Labute approximate surface area is 308 Å².